The van der Waals surface area contributed by atoms with Gasteiger partial charge in [-0.05, 0) is 92.9 Å². The number of benzene rings is 1. The van der Waals surface area contributed by atoms with Crippen LogP contribution in [0.5, 0.6) is 5.75 Å². The van der Waals surface area contributed by atoms with Crippen molar-refractivity contribution in [1.29, 1.82) is 0 Å². The first-order chi connectivity index (χ1) is 18.5. The van der Waals surface area contributed by atoms with Gasteiger partial charge in [-0.3, -0.25) is 14.5 Å². The molecule has 0 unspecified atom stereocenters. The Kier molecular flexibility index (Phi) is 6.93. The van der Waals surface area contributed by atoms with Crippen molar-refractivity contribution in [1.82, 2.24) is 14.8 Å². The molecule has 0 aliphatic carbocycles. The molecule has 1 aromatic heterocycles. The molecule has 3 saturated heterocycles. The van der Waals surface area contributed by atoms with Gasteiger partial charge in [0.2, 0.25) is 5.91 Å². The van der Waals surface area contributed by atoms with Gasteiger partial charge in [0.25, 0.3) is 0 Å². The van der Waals surface area contributed by atoms with E-state index < -0.39 is 0 Å². The number of rotatable bonds is 5. The minimum Gasteiger partial charge on any atom is -0.486 e. The Bertz CT molecular complexity index is 1240. The fourth-order valence-corrected chi connectivity index (χ4v) is 6.42. The summed E-state index contributed by atoms with van der Waals surface area (Å²) < 4.78 is 11.9. The maximum absolute atomic E-state index is 12.8. The third kappa shape index (κ3) is 4.71. The molecule has 0 bridgehead atoms. The van der Waals surface area contributed by atoms with Crippen LogP contribution in [-0.2, 0) is 16.1 Å². The third-order valence-electron chi connectivity index (χ3n) is 8.72. The third-order valence-corrected chi connectivity index (χ3v) is 8.72. The Morgan fingerprint density at radius 2 is 1.87 bits per heavy atom. The molecule has 38 heavy (non-hydrogen) atoms. The maximum Gasteiger partial charge on any atom is 0.246 e. The molecule has 6 rings (SSSR count). The first-order valence-electron chi connectivity index (χ1n) is 13.8. The predicted octanol–water partition coefficient (Wildman–Crippen LogP) is 4.39. The molecule has 3 fully saturated rings. The summed E-state index contributed by atoms with van der Waals surface area (Å²) in [5, 5.41) is 3.55. The van der Waals surface area contributed by atoms with Crippen LogP contribution in [0.4, 0.5) is 11.5 Å². The number of carbonyl (C=O) groups is 2. The number of likely N-dealkylation sites (tertiary alicyclic amines) is 2. The number of piperidine rings is 1. The molecule has 1 aromatic carbocycles. The molecular weight excluding hydrogens is 480 g/mol. The van der Waals surface area contributed by atoms with Crippen LogP contribution in [0.1, 0.15) is 71.5 Å². The lowest BCUT2D eigenvalue weighted by Crippen LogP contribution is -2.61. The number of fused-ring (bicyclic) bond motifs is 2. The summed E-state index contributed by atoms with van der Waals surface area (Å²) in [6.45, 7) is 10.7. The van der Waals surface area contributed by atoms with Gasteiger partial charge in [-0.25, -0.2) is 4.98 Å². The summed E-state index contributed by atoms with van der Waals surface area (Å²) in [4.78, 5) is 33.6. The van der Waals surface area contributed by atoms with Crippen molar-refractivity contribution in [3.8, 4) is 5.75 Å². The fraction of sp³-hybridized carbons (Fsp3) is 0.500. The highest BCUT2D eigenvalue weighted by molar-refractivity contribution is 5.99. The maximum atomic E-state index is 12.8. The number of amides is 1. The van der Waals surface area contributed by atoms with E-state index in [1.54, 1.807) is 6.92 Å². The van der Waals surface area contributed by atoms with E-state index in [2.05, 4.69) is 33.9 Å². The van der Waals surface area contributed by atoms with Crippen molar-refractivity contribution in [3.05, 3.63) is 59.3 Å². The van der Waals surface area contributed by atoms with E-state index >= 15 is 0 Å². The van der Waals surface area contributed by atoms with Crippen LogP contribution in [0.3, 0.4) is 0 Å². The van der Waals surface area contributed by atoms with Gasteiger partial charge in [0.1, 0.15) is 12.4 Å². The molecule has 5 heterocycles. The summed E-state index contributed by atoms with van der Waals surface area (Å²) in [6, 6.07) is 6.74. The number of Topliss-reactive ketones (excluding diaryl/α,β-unsaturated/α-hetero) is 1. The molecule has 0 spiro atoms. The number of ketones is 1. The molecular formula is C30H36N4O4. The van der Waals surface area contributed by atoms with Crippen LogP contribution in [0.25, 0.3) is 0 Å². The molecule has 4 aliphatic rings. The van der Waals surface area contributed by atoms with Crippen LogP contribution in [0.2, 0.25) is 0 Å². The van der Waals surface area contributed by atoms with Crippen molar-refractivity contribution in [2.45, 2.75) is 57.1 Å². The summed E-state index contributed by atoms with van der Waals surface area (Å²) in [5.41, 5.74) is 4.96. The standard InChI is InChI=1S/C30H36N4O4/c1-3-28(36)34-16-23(17-34)33-10-5-20(6-11-33)22-14-25(19(2)35)29-27(15-22)32-30-26(18-38-29)24(4-9-31-30)21-7-12-37-13-8-21/h3-4,9,14-15,20-21,23H,1,5-8,10-13,16-18H2,2H3,(H,31,32). The van der Waals surface area contributed by atoms with Crippen LogP contribution in [0, 0.1) is 0 Å². The molecule has 8 heteroatoms. The Labute approximate surface area is 224 Å². The molecule has 200 valence electrons. The zero-order valence-corrected chi connectivity index (χ0v) is 22.1. The summed E-state index contributed by atoms with van der Waals surface area (Å²) in [7, 11) is 0. The van der Waals surface area contributed by atoms with E-state index in [4.69, 9.17) is 9.47 Å². The van der Waals surface area contributed by atoms with E-state index in [-0.39, 0.29) is 11.7 Å². The number of carbonyl (C=O) groups excluding carboxylic acids is 2. The highest BCUT2D eigenvalue weighted by atomic mass is 16.5. The number of anilines is 2. The fourth-order valence-electron chi connectivity index (χ4n) is 6.42. The van der Waals surface area contributed by atoms with Crippen molar-refractivity contribution >= 4 is 23.2 Å². The molecule has 0 saturated carbocycles. The molecule has 0 radical (unpaired) electrons. The lowest BCUT2D eigenvalue weighted by molar-refractivity contribution is -0.133. The summed E-state index contributed by atoms with van der Waals surface area (Å²) in [5.74, 6) is 2.26. The van der Waals surface area contributed by atoms with Crippen molar-refractivity contribution < 1.29 is 19.1 Å². The van der Waals surface area contributed by atoms with E-state index in [1.807, 2.05) is 17.2 Å². The number of hydrogen-bond acceptors (Lipinski definition) is 7. The van der Waals surface area contributed by atoms with E-state index in [1.165, 1.54) is 17.2 Å². The van der Waals surface area contributed by atoms with Crippen molar-refractivity contribution in [2.75, 3.05) is 44.7 Å². The van der Waals surface area contributed by atoms with Crippen molar-refractivity contribution in [3.63, 3.8) is 0 Å². The van der Waals surface area contributed by atoms with Gasteiger partial charge in [0.05, 0.1) is 11.3 Å². The van der Waals surface area contributed by atoms with Crippen molar-refractivity contribution in [2.24, 2.45) is 0 Å². The number of pyridine rings is 1. The Balaban J connectivity index is 1.21. The quantitative estimate of drug-likeness (QED) is 0.466. The second-order valence-electron chi connectivity index (χ2n) is 10.9. The first kappa shape index (κ1) is 25.1. The number of ether oxygens (including phenoxy) is 2. The molecule has 1 amide bonds. The van der Waals surface area contributed by atoms with Crippen LogP contribution >= 0.6 is 0 Å². The Hall–Kier alpha value is -3.23. The molecule has 2 aromatic rings. The van der Waals surface area contributed by atoms with Gasteiger partial charge in [-0.15, -0.1) is 0 Å². The monoisotopic (exact) mass is 516 g/mol. The van der Waals surface area contributed by atoms with Gasteiger partial charge in [-0.2, -0.15) is 0 Å². The summed E-state index contributed by atoms with van der Waals surface area (Å²) in [6.07, 6.45) is 7.29. The zero-order chi connectivity index (χ0) is 26.2. The van der Waals surface area contributed by atoms with Gasteiger partial charge in [0.15, 0.2) is 11.5 Å². The van der Waals surface area contributed by atoms with Crippen LogP contribution in [-0.4, -0.2) is 71.9 Å². The zero-order valence-electron chi connectivity index (χ0n) is 22.1. The predicted molar refractivity (Wildman–Crippen MR) is 145 cm³/mol. The summed E-state index contributed by atoms with van der Waals surface area (Å²) >= 11 is 0. The average Bonchev–Trinajstić information content (AvgIpc) is 3.11. The number of aromatic nitrogens is 1. The minimum absolute atomic E-state index is 0.00680. The molecule has 0 atom stereocenters. The Morgan fingerprint density at radius 3 is 2.58 bits per heavy atom. The van der Waals surface area contributed by atoms with E-state index in [9.17, 15) is 9.59 Å². The first-order valence-corrected chi connectivity index (χ1v) is 13.8. The highest BCUT2D eigenvalue weighted by Crippen LogP contribution is 2.43. The number of nitrogens with zero attached hydrogens (tertiary/aromatic N) is 3. The van der Waals surface area contributed by atoms with Gasteiger partial charge in [-0.1, -0.05) is 6.58 Å². The molecule has 1 N–H and O–H groups in total. The lowest BCUT2D eigenvalue weighted by atomic mass is 9.86. The van der Waals surface area contributed by atoms with Crippen LogP contribution < -0.4 is 10.1 Å². The molecule has 4 aliphatic heterocycles. The highest BCUT2D eigenvalue weighted by Gasteiger charge is 2.36. The van der Waals surface area contributed by atoms with Gasteiger partial charge in [0, 0.05) is 44.1 Å². The SMILES string of the molecule is C=CC(=O)N1CC(N2CCC(c3cc4c(c(C(C)=O)c3)OCc3c(C5CCOCC5)ccnc3N4)CC2)C1. The smallest absolute Gasteiger partial charge is 0.246 e. The number of hydrogen-bond donors (Lipinski definition) is 1. The second kappa shape index (κ2) is 10.5. The second-order valence-corrected chi connectivity index (χ2v) is 10.9. The van der Waals surface area contributed by atoms with Crippen LogP contribution in [0.15, 0.2) is 37.1 Å². The average molecular weight is 517 g/mol. The lowest BCUT2D eigenvalue weighted by Gasteiger charge is -2.47. The van der Waals surface area contributed by atoms with E-state index in [0.29, 0.717) is 35.8 Å². The topological polar surface area (TPSA) is 84.0 Å². The van der Waals surface area contributed by atoms with Gasteiger partial charge < -0.3 is 19.7 Å². The number of nitrogens with one attached hydrogen (secondary N) is 1. The Morgan fingerprint density at radius 1 is 1.11 bits per heavy atom. The minimum atomic E-state index is 0.00680. The molecule has 8 nitrogen and oxygen atoms in total. The normalized spacial score (nSPS) is 20.8. The van der Waals surface area contributed by atoms with E-state index in [0.717, 1.165) is 82.1 Å². The largest absolute Gasteiger partial charge is 0.486 e. The van der Waals surface area contributed by atoms with Gasteiger partial charge >= 0.3 is 0 Å².